The number of carbonyl (C=O) groups is 2. The molecule has 2 fully saturated rings. The molecule has 0 unspecified atom stereocenters. The molecule has 0 spiro atoms. The van der Waals surface area contributed by atoms with Gasteiger partial charge in [0.25, 0.3) is 0 Å². The van der Waals surface area contributed by atoms with Crippen LogP contribution in [0.15, 0.2) is 30.3 Å². The summed E-state index contributed by atoms with van der Waals surface area (Å²) in [5, 5.41) is 0. The first kappa shape index (κ1) is 19.9. The maximum atomic E-state index is 12.7. The highest BCUT2D eigenvalue weighted by atomic mass is 16.6. The predicted octanol–water partition coefficient (Wildman–Crippen LogP) is 5.21. The Balaban J connectivity index is 1.50. The van der Waals surface area contributed by atoms with Gasteiger partial charge < -0.3 is 4.74 Å². The van der Waals surface area contributed by atoms with Crippen LogP contribution >= 0.6 is 0 Å². The molecule has 148 valence electrons. The van der Waals surface area contributed by atoms with Crippen molar-refractivity contribution in [3.05, 3.63) is 35.9 Å². The lowest BCUT2D eigenvalue weighted by Crippen LogP contribution is -2.40. The Kier molecular flexibility index (Phi) is 6.23. The zero-order valence-corrected chi connectivity index (χ0v) is 16.9. The van der Waals surface area contributed by atoms with Gasteiger partial charge in [-0.25, -0.2) is 9.69 Å². The number of cyclic esters (lactones) is 1. The van der Waals surface area contributed by atoms with Gasteiger partial charge in [-0.3, -0.25) is 4.79 Å². The number of nitrogens with zero attached hydrogens (tertiary/aromatic N) is 1. The van der Waals surface area contributed by atoms with Gasteiger partial charge in [-0.2, -0.15) is 0 Å². The van der Waals surface area contributed by atoms with E-state index in [0.717, 1.165) is 17.9 Å². The highest BCUT2D eigenvalue weighted by Gasteiger charge is 2.38. The number of rotatable bonds is 5. The van der Waals surface area contributed by atoms with E-state index < -0.39 is 6.09 Å². The lowest BCUT2D eigenvalue weighted by Gasteiger charge is -2.37. The molecule has 1 saturated heterocycles. The predicted molar refractivity (Wildman–Crippen MR) is 106 cm³/mol. The Bertz CT molecular complexity index is 641. The highest BCUT2D eigenvalue weighted by Crippen LogP contribution is 2.41. The standard InChI is InChI=1S/C23H33NO3/c1-23(2,3)19-12-9-17(10-13-19)11-14-21(25)24-20(16-27-22(24)26)15-18-7-5-4-6-8-18/h4-8,17,19-20H,9-16H2,1-3H3/t17?,19?,20-/m0/s1. The quantitative estimate of drug-likeness (QED) is 0.714. The molecule has 1 aliphatic heterocycles. The van der Waals surface area contributed by atoms with Crippen LogP contribution in [0, 0.1) is 17.3 Å². The van der Waals surface area contributed by atoms with E-state index in [1.165, 1.54) is 30.6 Å². The number of carbonyl (C=O) groups excluding carboxylic acids is 2. The lowest BCUT2D eigenvalue weighted by atomic mass is 9.69. The van der Waals surface area contributed by atoms with Crippen molar-refractivity contribution >= 4 is 12.0 Å². The first-order valence-electron chi connectivity index (χ1n) is 10.4. The minimum atomic E-state index is -0.475. The molecule has 0 bridgehead atoms. The van der Waals surface area contributed by atoms with Gasteiger partial charge in [-0.05, 0) is 48.5 Å². The van der Waals surface area contributed by atoms with Crippen molar-refractivity contribution in [2.24, 2.45) is 17.3 Å². The van der Waals surface area contributed by atoms with E-state index in [1.54, 1.807) is 0 Å². The van der Waals surface area contributed by atoms with E-state index in [0.29, 0.717) is 30.8 Å². The summed E-state index contributed by atoms with van der Waals surface area (Å²) in [7, 11) is 0. The van der Waals surface area contributed by atoms with Crippen LogP contribution in [0.4, 0.5) is 4.79 Å². The highest BCUT2D eigenvalue weighted by molar-refractivity contribution is 5.93. The molecule has 27 heavy (non-hydrogen) atoms. The first-order valence-corrected chi connectivity index (χ1v) is 10.4. The maximum Gasteiger partial charge on any atom is 0.416 e. The van der Waals surface area contributed by atoms with E-state index in [2.05, 4.69) is 20.8 Å². The summed E-state index contributed by atoms with van der Waals surface area (Å²) in [4.78, 5) is 26.2. The Labute approximate surface area is 163 Å². The molecule has 1 aromatic rings. The average Bonchev–Trinajstić information content (AvgIpc) is 3.00. The Morgan fingerprint density at radius 2 is 1.78 bits per heavy atom. The van der Waals surface area contributed by atoms with Crippen LogP contribution in [0.5, 0.6) is 0 Å². The summed E-state index contributed by atoms with van der Waals surface area (Å²) < 4.78 is 5.18. The van der Waals surface area contributed by atoms with Crippen molar-refractivity contribution in [1.82, 2.24) is 4.90 Å². The van der Waals surface area contributed by atoms with E-state index in [1.807, 2.05) is 30.3 Å². The maximum absolute atomic E-state index is 12.7. The molecule has 2 amide bonds. The summed E-state index contributed by atoms with van der Waals surface area (Å²) in [5.74, 6) is 1.32. The number of imide groups is 1. The van der Waals surface area contributed by atoms with Gasteiger partial charge in [-0.15, -0.1) is 0 Å². The third-order valence-corrected chi connectivity index (χ3v) is 6.38. The van der Waals surface area contributed by atoms with Crippen molar-refractivity contribution in [3.63, 3.8) is 0 Å². The van der Waals surface area contributed by atoms with Crippen LogP contribution in [0.2, 0.25) is 0 Å². The summed E-state index contributed by atoms with van der Waals surface area (Å²) >= 11 is 0. The lowest BCUT2D eigenvalue weighted by molar-refractivity contribution is -0.129. The summed E-state index contributed by atoms with van der Waals surface area (Å²) in [6, 6.07) is 9.80. The van der Waals surface area contributed by atoms with Gasteiger partial charge in [0.15, 0.2) is 0 Å². The first-order chi connectivity index (χ1) is 12.8. The van der Waals surface area contributed by atoms with E-state index in [-0.39, 0.29) is 11.9 Å². The Hall–Kier alpha value is -1.84. The summed E-state index contributed by atoms with van der Waals surface area (Å²) in [6.07, 6.45) is 6.44. The van der Waals surface area contributed by atoms with Gasteiger partial charge >= 0.3 is 6.09 Å². The molecule has 1 saturated carbocycles. The van der Waals surface area contributed by atoms with Crippen molar-refractivity contribution in [2.75, 3.05) is 6.61 Å². The molecule has 0 aromatic heterocycles. The smallest absolute Gasteiger partial charge is 0.416 e. The normalized spacial score (nSPS) is 26.1. The molecule has 1 aliphatic carbocycles. The van der Waals surface area contributed by atoms with Crippen LogP contribution in [0.25, 0.3) is 0 Å². The van der Waals surface area contributed by atoms with Crippen molar-refractivity contribution in [3.8, 4) is 0 Å². The molecule has 1 atom stereocenters. The average molecular weight is 372 g/mol. The molecule has 0 radical (unpaired) electrons. The van der Waals surface area contributed by atoms with Crippen molar-refractivity contribution in [1.29, 1.82) is 0 Å². The largest absolute Gasteiger partial charge is 0.447 e. The van der Waals surface area contributed by atoms with Crippen LogP contribution in [-0.4, -0.2) is 29.5 Å². The summed E-state index contributed by atoms with van der Waals surface area (Å²) in [5.41, 5.74) is 1.50. The fourth-order valence-electron chi connectivity index (χ4n) is 4.57. The number of amides is 2. The van der Waals surface area contributed by atoms with Gasteiger partial charge in [-0.1, -0.05) is 63.9 Å². The molecule has 1 heterocycles. The molecular weight excluding hydrogens is 338 g/mol. The fraction of sp³-hybridized carbons (Fsp3) is 0.652. The molecule has 2 aliphatic rings. The van der Waals surface area contributed by atoms with Crippen LogP contribution < -0.4 is 0 Å². The topological polar surface area (TPSA) is 46.6 Å². The van der Waals surface area contributed by atoms with Crippen molar-refractivity contribution in [2.45, 2.75) is 71.8 Å². The molecule has 4 nitrogen and oxygen atoms in total. The molecule has 1 aromatic carbocycles. The number of benzene rings is 1. The second-order valence-electron chi connectivity index (χ2n) is 9.31. The second-order valence-corrected chi connectivity index (χ2v) is 9.31. The van der Waals surface area contributed by atoms with Gasteiger partial charge in [0.05, 0.1) is 6.04 Å². The van der Waals surface area contributed by atoms with Crippen molar-refractivity contribution < 1.29 is 14.3 Å². The third-order valence-electron chi connectivity index (χ3n) is 6.38. The molecule has 3 rings (SSSR count). The van der Waals surface area contributed by atoms with E-state index >= 15 is 0 Å². The second kappa shape index (κ2) is 8.45. The molecular formula is C23H33NO3. The Morgan fingerprint density at radius 1 is 1.11 bits per heavy atom. The fourth-order valence-corrected chi connectivity index (χ4v) is 4.57. The van der Waals surface area contributed by atoms with E-state index in [4.69, 9.17) is 4.74 Å². The van der Waals surface area contributed by atoms with Gasteiger partial charge in [0.2, 0.25) is 5.91 Å². The minimum Gasteiger partial charge on any atom is -0.447 e. The number of hydrogen-bond donors (Lipinski definition) is 0. The van der Waals surface area contributed by atoms with Crippen LogP contribution in [-0.2, 0) is 16.0 Å². The zero-order chi connectivity index (χ0) is 19.4. The van der Waals surface area contributed by atoms with Gasteiger partial charge in [0.1, 0.15) is 6.61 Å². The number of ether oxygens (including phenoxy) is 1. The molecule has 0 N–H and O–H groups in total. The monoisotopic (exact) mass is 371 g/mol. The number of hydrogen-bond acceptors (Lipinski definition) is 3. The third kappa shape index (κ3) is 5.12. The Morgan fingerprint density at radius 3 is 2.41 bits per heavy atom. The van der Waals surface area contributed by atoms with Crippen LogP contribution in [0.1, 0.15) is 64.9 Å². The minimum absolute atomic E-state index is 0.0728. The SMILES string of the molecule is CC(C)(C)C1CCC(CCC(=O)N2C(=O)OC[C@@H]2Cc2ccccc2)CC1. The van der Waals surface area contributed by atoms with Gasteiger partial charge in [0, 0.05) is 6.42 Å². The van der Waals surface area contributed by atoms with E-state index in [9.17, 15) is 9.59 Å². The zero-order valence-electron chi connectivity index (χ0n) is 16.9. The summed E-state index contributed by atoms with van der Waals surface area (Å²) in [6.45, 7) is 7.28. The van der Waals surface area contributed by atoms with Crippen LogP contribution in [0.3, 0.4) is 0 Å². The molecule has 4 heteroatoms.